The normalized spacial score (nSPS) is 10.3. The van der Waals surface area contributed by atoms with Gasteiger partial charge in [0, 0.05) is 5.56 Å². The van der Waals surface area contributed by atoms with Gasteiger partial charge in [-0.15, -0.1) is 0 Å². The molecule has 2 rings (SSSR count). The van der Waals surface area contributed by atoms with Gasteiger partial charge in [-0.05, 0) is 30.9 Å². The van der Waals surface area contributed by atoms with Crippen LogP contribution in [0.25, 0.3) is 11.3 Å². The van der Waals surface area contributed by atoms with E-state index in [0.29, 0.717) is 17.3 Å². The van der Waals surface area contributed by atoms with Crippen LogP contribution in [0.2, 0.25) is 0 Å². The first-order valence-corrected chi connectivity index (χ1v) is 8.34. The summed E-state index contributed by atoms with van der Waals surface area (Å²) in [6, 6.07) is 6.13. The number of ether oxygens (including phenoxy) is 1. The van der Waals surface area contributed by atoms with E-state index in [1.165, 1.54) is 23.9 Å². The van der Waals surface area contributed by atoms with Crippen LogP contribution in [0.3, 0.4) is 0 Å². The van der Waals surface area contributed by atoms with Crippen molar-refractivity contribution in [3.8, 4) is 23.1 Å². The van der Waals surface area contributed by atoms with Crippen molar-refractivity contribution >= 4 is 11.8 Å². The molecule has 1 heterocycles. The van der Waals surface area contributed by atoms with E-state index >= 15 is 0 Å². The van der Waals surface area contributed by atoms with E-state index in [0.717, 1.165) is 12.8 Å². The second-order valence-corrected chi connectivity index (χ2v) is 5.55. The molecule has 1 aromatic carbocycles. The SMILES string of the molecule is CCCCOc1ccc(-c2nc(SC)[nH]c(=O)c2C#N)cc1F. The lowest BCUT2D eigenvalue weighted by Gasteiger charge is -2.09. The summed E-state index contributed by atoms with van der Waals surface area (Å²) in [6.45, 7) is 2.46. The summed E-state index contributed by atoms with van der Waals surface area (Å²) in [4.78, 5) is 18.6. The molecule has 0 spiro atoms. The highest BCUT2D eigenvalue weighted by atomic mass is 32.2. The minimum absolute atomic E-state index is 0.137. The van der Waals surface area contributed by atoms with Crippen LogP contribution in [-0.2, 0) is 0 Å². The highest BCUT2D eigenvalue weighted by Gasteiger charge is 2.15. The first kappa shape index (κ1) is 17.0. The quantitative estimate of drug-likeness (QED) is 0.498. The van der Waals surface area contributed by atoms with Crippen molar-refractivity contribution in [2.24, 2.45) is 0 Å². The Balaban J connectivity index is 2.43. The second-order valence-electron chi connectivity index (χ2n) is 4.76. The monoisotopic (exact) mass is 333 g/mol. The summed E-state index contributed by atoms with van der Waals surface area (Å²) in [5, 5.41) is 9.52. The number of benzene rings is 1. The van der Waals surface area contributed by atoms with Gasteiger partial charge in [0.05, 0.1) is 12.3 Å². The van der Waals surface area contributed by atoms with E-state index in [1.807, 2.05) is 13.0 Å². The molecule has 0 radical (unpaired) electrons. The molecule has 0 unspecified atom stereocenters. The molecule has 0 aliphatic rings. The average Bonchev–Trinajstić information content (AvgIpc) is 2.55. The molecule has 5 nitrogen and oxygen atoms in total. The van der Waals surface area contributed by atoms with Crippen LogP contribution in [0, 0.1) is 17.1 Å². The van der Waals surface area contributed by atoms with E-state index < -0.39 is 11.4 Å². The van der Waals surface area contributed by atoms with E-state index in [1.54, 1.807) is 12.3 Å². The average molecular weight is 333 g/mol. The van der Waals surface area contributed by atoms with E-state index in [4.69, 9.17) is 10.00 Å². The van der Waals surface area contributed by atoms with Crippen LogP contribution >= 0.6 is 11.8 Å². The van der Waals surface area contributed by atoms with Crippen LogP contribution in [0.4, 0.5) is 4.39 Å². The van der Waals surface area contributed by atoms with Gasteiger partial charge in [0.1, 0.15) is 11.6 Å². The molecule has 0 atom stereocenters. The van der Waals surface area contributed by atoms with Gasteiger partial charge < -0.3 is 9.72 Å². The number of hydrogen-bond donors (Lipinski definition) is 1. The number of unbranched alkanes of at least 4 members (excludes halogenated alkanes) is 1. The lowest BCUT2D eigenvalue weighted by Crippen LogP contribution is -2.14. The number of nitriles is 1. The predicted octanol–water partition coefficient (Wildman–Crippen LogP) is 3.35. The summed E-state index contributed by atoms with van der Waals surface area (Å²) >= 11 is 1.24. The predicted molar refractivity (Wildman–Crippen MR) is 87.2 cm³/mol. The highest BCUT2D eigenvalue weighted by Crippen LogP contribution is 2.26. The molecule has 1 aromatic heterocycles. The molecule has 23 heavy (non-hydrogen) atoms. The van der Waals surface area contributed by atoms with Crippen molar-refractivity contribution in [2.45, 2.75) is 24.9 Å². The van der Waals surface area contributed by atoms with Crippen molar-refractivity contribution in [2.75, 3.05) is 12.9 Å². The van der Waals surface area contributed by atoms with Crippen LogP contribution in [0.5, 0.6) is 5.75 Å². The molecular formula is C16H16FN3O2S. The van der Waals surface area contributed by atoms with Gasteiger partial charge in [-0.25, -0.2) is 9.37 Å². The van der Waals surface area contributed by atoms with E-state index in [-0.39, 0.29) is 17.0 Å². The summed E-state index contributed by atoms with van der Waals surface area (Å²) < 4.78 is 19.5. The summed E-state index contributed by atoms with van der Waals surface area (Å²) in [5.74, 6) is -0.397. The molecule has 2 aromatic rings. The van der Waals surface area contributed by atoms with Gasteiger partial charge in [-0.1, -0.05) is 25.1 Å². The van der Waals surface area contributed by atoms with Crippen molar-refractivity contribution in [1.82, 2.24) is 9.97 Å². The molecule has 0 saturated carbocycles. The first-order valence-electron chi connectivity index (χ1n) is 7.11. The third-order valence-electron chi connectivity index (χ3n) is 3.16. The zero-order valence-corrected chi connectivity index (χ0v) is 13.7. The van der Waals surface area contributed by atoms with E-state index in [9.17, 15) is 9.18 Å². The maximum Gasteiger partial charge on any atom is 0.270 e. The van der Waals surface area contributed by atoms with Crippen LogP contribution < -0.4 is 10.3 Å². The fourth-order valence-electron chi connectivity index (χ4n) is 1.95. The minimum Gasteiger partial charge on any atom is -0.491 e. The van der Waals surface area contributed by atoms with Gasteiger partial charge in [0.2, 0.25) is 0 Å². The maximum absolute atomic E-state index is 14.2. The maximum atomic E-state index is 14.2. The zero-order chi connectivity index (χ0) is 16.8. The molecule has 0 bridgehead atoms. The van der Waals surface area contributed by atoms with Crippen LogP contribution in [0.1, 0.15) is 25.3 Å². The highest BCUT2D eigenvalue weighted by molar-refractivity contribution is 7.98. The Bertz CT molecular complexity index is 799. The second kappa shape index (κ2) is 7.79. The van der Waals surface area contributed by atoms with Gasteiger partial charge in [0.25, 0.3) is 5.56 Å². The molecule has 7 heteroatoms. The Morgan fingerprint density at radius 3 is 2.87 bits per heavy atom. The Morgan fingerprint density at radius 2 is 2.26 bits per heavy atom. The lowest BCUT2D eigenvalue weighted by molar-refractivity contribution is 0.294. The Labute approximate surface area is 137 Å². The number of thioether (sulfide) groups is 1. The Kier molecular flexibility index (Phi) is 5.77. The molecular weight excluding hydrogens is 317 g/mol. The molecule has 0 aliphatic heterocycles. The lowest BCUT2D eigenvalue weighted by atomic mass is 10.1. The summed E-state index contributed by atoms with van der Waals surface area (Å²) in [6.07, 6.45) is 3.55. The number of H-pyrrole nitrogens is 1. The fraction of sp³-hybridized carbons (Fsp3) is 0.312. The van der Waals surface area contributed by atoms with Gasteiger partial charge in [-0.2, -0.15) is 5.26 Å². The number of halogens is 1. The van der Waals surface area contributed by atoms with Crippen LogP contribution in [0.15, 0.2) is 28.2 Å². The number of rotatable bonds is 6. The standard InChI is InChI=1S/C16H16FN3O2S/c1-3-4-7-22-13-6-5-10(8-12(13)17)14-11(9-18)15(21)20-16(19-14)23-2/h5-6,8H,3-4,7H2,1-2H3,(H,19,20,21). The molecule has 0 aliphatic carbocycles. The zero-order valence-electron chi connectivity index (χ0n) is 12.9. The molecule has 1 N–H and O–H groups in total. The molecule has 0 amide bonds. The number of nitrogens with zero attached hydrogens (tertiary/aromatic N) is 2. The fourth-order valence-corrected chi connectivity index (χ4v) is 2.33. The van der Waals surface area contributed by atoms with Crippen molar-refractivity contribution < 1.29 is 9.13 Å². The third-order valence-corrected chi connectivity index (χ3v) is 3.74. The van der Waals surface area contributed by atoms with E-state index in [2.05, 4.69) is 9.97 Å². The number of nitrogens with one attached hydrogen (secondary N) is 1. The van der Waals surface area contributed by atoms with Crippen molar-refractivity contribution in [3.05, 3.63) is 39.9 Å². The topological polar surface area (TPSA) is 78.8 Å². The summed E-state index contributed by atoms with van der Waals surface area (Å²) in [7, 11) is 0. The molecule has 0 saturated heterocycles. The van der Waals surface area contributed by atoms with Crippen molar-refractivity contribution in [3.63, 3.8) is 0 Å². The molecule has 0 fully saturated rings. The third kappa shape index (κ3) is 3.90. The number of aromatic nitrogens is 2. The summed E-state index contributed by atoms with van der Waals surface area (Å²) in [5.41, 5.74) is -0.143. The van der Waals surface area contributed by atoms with Gasteiger partial charge >= 0.3 is 0 Å². The van der Waals surface area contributed by atoms with Crippen molar-refractivity contribution in [1.29, 1.82) is 5.26 Å². The number of hydrogen-bond acceptors (Lipinski definition) is 5. The smallest absolute Gasteiger partial charge is 0.270 e. The molecule has 120 valence electrons. The van der Waals surface area contributed by atoms with Gasteiger partial charge in [0.15, 0.2) is 16.7 Å². The Morgan fingerprint density at radius 1 is 1.48 bits per heavy atom. The number of aromatic amines is 1. The minimum atomic E-state index is -0.546. The first-order chi connectivity index (χ1) is 11.1. The van der Waals surface area contributed by atoms with Gasteiger partial charge in [-0.3, -0.25) is 4.79 Å². The largest absolute Gasteiger partial charge is 0.491 e. The van der Waals surface area contributed by atoms with Crippen LogP contribution in [-0.4, -0.2) is 22.8 Å². The Hall–Kier alpha value is -2.33.